The highest BCUT2D eigenvalue weighted by Crippen LogP contribution is 2.34. The van der Waals surface area contributed by atoms with E-state index in [1.165, 1.54) is 31.4 Å². The summed E-state index contributed by atoms with van der Waals surface area (Å²) in [5, 5.41) is 12.1. The van der Waals surface area contributed by atoms with E-state index in [0.717, 1.165) is 0 Å². The highest BCUT2D eigenvalue weighted by atomic mass is 79.9. The van der Waals surface area contributed by atoms with Gasteiger partial charge in [-0.1, -0.05) is 17.7 Å². The van der Waals surface area contributed by atoms with E-state index >= 15 is 0 Å². The number of hydrogen-bond donors (Lipinski definition) is 2. The Morgan fingerprint density at radius 2 is 1.89 bits per heavy atom. The van der Waals surface area contributed by atoms with E-state index in [-0.39, 0.29) is 33.7 Å². The van der Waals surface area contributed by atoms with Crippen LogP contribution < -0.4 is 24.2 Å². The first-order valence-corrected chi connectivity index (χ1v) is 12.8. The smallest absolute Gasteiger partial charge is 0.266 e. The molecule has 3 aromatic rings. The van der Waals surface area contributed by atoms with Crippen LogP contribution in [-0.2, 0) is 14.8 Å². The van der Waals surface area contributed by atoms with Crippen molar-refractivity contribution >= 4 is 60.9 Å². The minimum absolute atomic E-state index is 0.0187. The van der Waals surface area contributed by atoms with Crippen molar-refractivity contribution in [2.24, 2.45) is 0 Å². The number of ether oxygens (including phenoxy) is 3. The molecule has 0 radical (unpaired) electrons. The van der Waals surface area contributed by atoms with Gasteiger partial charge in [-0.05, 0) is 76.1 Å². The Labute approximate surface area is 220 Å². The van der Waals surface area contributed by atoms with E-state index in [9.17, 15) is 18.5 Å². The van der Waals surface area contributed by atoms with Gasteiger partial charge >= 0.3 is 0 Å². The molecule has 0 saturated carbocycles. The Balaban J connectivity index is 1.56. The fourth-order valence-electron chi connectivity index (χ4n) is 3.18. The maximum atomic E-state index is 13.0. The summed E-state index contributed by atoms with van der Waals surface area (Å²) in [4.78, 5) is 12.6. The van der Waals surface area contributed by atoms with Crippen LogP contribution in [0.15, 0.2) is 69.5 Å². The van der Waals surface area contributed by atoms with Crippen LogP contribution in [0, 0.1) is 11.3 Å². The summed E-state index contributed by atoms with van der Waals surface area (Å²) >= 11 is 9.50. The summed E-state index contributed by atoms with van der Waals surface area (Å²) in [5.74, 6) is 0.842. The molecule has 1 aliphatic rings. The van der Waals surface area contributed by atoms with E-state index in [4.69, 9.17) is 25.8 Å². The molecular weight excluding hydrogens is 574 g/mol. The van der Waals surface area contributed by atoms with Gasteiger partial charge in [-0.3, -0.25) is 9.52 Å². The molecule has 0 saturated heterocycles. The van der Waals surface area contributed by atoms with Crippen molar-refractivity contribution in [2.45, 2.75) is 4.90 Å². The predicted octanol–water partition coefficient (Wildman–Crippen LogP) is 5.19. The fourth-order valence-corrected chi connectivity index (χ4v) is 5.04. The largest absolute Gasteiger partial charge is 0.497 e. The maximum Gasteiger partial charge on any atom is 0.266 e. The molecular formula is C24H17BrClN3O6S. The molecule has 0 unspecified atom stereocenters. The van der Waals surface area contributed by atoms with Gasteiger partial charge in [0.25, 0.3) is 15.9 Å². The molecule has 3 aromatic carbocycles. The monoisotopic (exact) mass is 589 g/mol. The van der Waals surface area contributed by atoms with Gasteiger partial charge in [-0.25, -0.2) is 8.42 Å². The number of methoxy groups -OCH3 is 1. The number of benzene rings is 3. The van der Waals surface area contributed by atoms with Gasteiger partial charge in [0.05, 0.1) is 28.4 Å². The van der Waals surface area contributed by atoms with Gasteiger partial charge < -0.3 is 19.5 Å². The molecule has 12 heteroatoms. The molecule has 9 nitrogen and oxygen atoms in total. The Kier molecular flexibility index (Phi) is 7.40. The van der Waals surface area contributed by atoms with Crippen molar-refractivity contribution in [3.63, 3.8) is 0 Å². The molecule has 0 aliphatic carbocycles. The standard InChI is InChI=1S/C24H17BrClN3O6S/c1-33-16-3-6-20(18(25)10-16)29-36(31,32)17-4-5-19(26)21(11-17)28-24(30)15(12-27)8-14-2-7-22-23(9-14)35-13-34-22/h2-11,29H,13H2,1H3,(H,28,30)/b15-8+. The second-order valence-corrected chi connectivity index (χ2v) is 10.3. The van der Waals surface area contributed by atoms with Crippen molar-refractivity contribution < 1.29 is 27.4 Å². The van der Waals surface area contributed by atoms with Crippen molar-refractivity contribution in [1.29, 1.82) is 5.26 Å². The lowest BCUT2D eigenvalue weighted by atomic mass is 10.1. The van der Waals surface area contributed by atoms with Crippen LogP contribution in [0.5, 0.6) is 17.2 Å². The molecule has 1 heterocycles. The first-order chi connectivity index (χ1) is 17.2. The molecule has 1 aliphatic heterocycles. The molecule has 0 aromatic heterocycles. The number of nitrogens with one attached hydrogen (secondary N) is 2. The zero-order valence-electron chi connectivity index (χ0n) is 18.5. The van der Waals surface area contributed by atoms with Crippen LogP contribution in [-0.4, -0.2) is 28.2 Å². The van der Waals surface area contributed by atoms with E-state index in [1.807, 2.05) is 6.07 Å². The van der Waals surface area contributed by atoms with Gasteiger partial charge in [-0.15, -0.1) is 0 Å². The molecule has 0 atom stereocenters. The Bertz CT molecular complexity index is 1540. The van der Waals surface area contributed by atoms with Crippen LogP contribution >= 0.6 is 27.5 Å². The number of hydrogen-bond acceptors (Lipinski definition) is 7. The van der Waals surface area contributed by atoms with Crippen LogP contribution in [0.25, 0.3) is 6.08 Å². The number of sulfonamides is 1. The summed E-state index contributed by atoms with van der Waals surface area (Å²) in [6.07, 6.45) is 1.37. The third-order valence-electron chi connectivity index (χ3n) is 4.99. The molecule has 0 fully saturated rings. The second-order valence-electron chi connectivity index (χ2n) is 7.33. The number of carbonyl (C=O) groups excluding carboxylic acids is 1. The molecule has 184 valence electrons. The summed E-state index contributed by atoms with van der Waals surface area (Å²) in [6, 6.07) is 15.4. The average Bonchev–Trinajstić information content (AvgIpc) is 3.32. The minimum atomic E-state index is -4.05. The number of nitriles is 1. The first-order valence-electron chi connectivity index (χ1n) is 10.2. The average molecular weight is 591 g/mol. The fraction of sp³-hybridized carbons (Fsp3) is 0.0833. The minimum Gasteiger partial charge on any atom is -0.497 e. The van der Waals surface area contributed by atoms with Gasteiger partial charge in [0.1, 0.15) is 17.4 Å². The van der Waals surface area contributed by atoms with Crippen LogP contribution in [0.4, 0.5) is 11.4 Å². The van der Waals surface area contributed by atoms with E-state index < -0.39 is 15.9 Å². The highest BCUT2D eigenvalue weighted by molar-refractivity contribution is 9.10. The lowest BCUT2D eigenvalue weighted by Crippen LogP contribution is -2.16. The van der Waals surface area contributed by atoms with Gasteiger partial charge in [0, 0.05) is 4.47 Å². The van der Waals surface area contributed by atoms with Crippen molar-refractivity contribution in [1.82, 2.24) is 0 Å². The van der Waals surface area contributed by atoms with Crippen molar-refractivity contribution in [3.05, 3.63) is 75.2 Å². The number of anilines is 2. The lowest BCUT2D eigenvalue weighted by molar-refractivity contribution is -0.112. The predicted molar refractivity (Wildman–Crippen MR) is 138 cm³/mol. The molecule has 1 amide bonds. The quantitative estimate of drug-likeness (QED) is 0.287. The molecule has 4 rings (SSSR count). The Morgan fingerprint density at radius 1 is 1.11 bits per heavy atom. The summed E-state index contributed by atoms with van der Waals surface area (Å²) in [6.45, 7) is 0.0934. The Hall–Kier alpha value is -3.72. The summed E-state index contributed by atoms with van der Waals surface area (Å²) in [5.41, 5.74) is 0.626. The van der Waals surface area contributed by atoms with E-state index in [0.29, 0.717) is 27.3 Å². The van der Waals surface area contributed by atoms with E-state index in [2.05, 4.69) is 26.0 Å². The number of fused-ring (bicyclic) bond motifs is 1. The van der Waals surface area contributed by atoms with Gasteiger partial charge in [0.15, 0.2) is 11.5 Å². The number of amides is 1. The number of rotatable bonds is 7. The lowest BCUT2D eigenvalue weighted by Gasteiger charge is -2.13. The summed E-state index contributed by atoms with van der Waals surface area (Å²) in [7, 11) is -2.55. The molecule has 0 bridgehead atoms. The van der Waals surface area contributed by atoms with Crippen LogP contribution in [0.3, 0.4) is 0 Å². The number of carbonyl (C=O) groups is 1. The number of nitrogens with zero attached hydrogens (tertiary/aromatic N) is 1. The third kappa shape index (κ3) is 5.57. The van der Waals surface area contributed by atoms with Crippen LogP contribution in [0.2, 0.25) is 5.02 Å². The first kappa shape index (κ1) is 25.4. The van der Waals surface area contributed by atoms with E-state index in [1.54, 1.807) is 36.4 Å². The second kappa shape index (κ2) is 10.5. The van der Waals surface area contributed by atoms with Crippen LogP contribution in [0.1, 0.15) is 5.56 Å². The molecule has 36 heavy (non-hydrogen) atoms. The normalized spacial score (nSPS) is 12.6. The zero-order valence-corrected chi connectivity index (χ0v) is 21.7. The summed E-state index contributed by atoms with van der Waals surface area (Å²) < 4.78 is 44.6. The van der Waals surface area contributed by atoms with Crippen molar-refractivity contribution in [3.8, 4) is 23.3 Å². The SMILES string of the molecule is COc1ccc(NS(=O)(=O)c2ccc(Cl)c(NC(=O)/C(C#N)=C/c3ccc4c(c3)OCO4)c2)c(Br)c1. The molecule has 0 spiro atoms. The van der Waals surface area contributed by atoms with Gasteiger partial charge in [0.2, 0.25) is 6.79 Å². The third-order valence-corrected chi connectivity index (χ3v) is 7.34. The van der Waals surface area contributed by atoms with Crippen molar-refractivity contribution in [2.75, 3.05) is 23.9 Å². The Morgan fingerprint density at radius 3 is 2.61 bits per heavy atom. The topological polar surface area (TPSA) is 127 Å². The zero-order chi connectivity index (χ0) is 25.9. The highest BCUT2D eigenvalue weighted by Gasteiger charge is 2.20. The number of halogens is 2. The maximum absolute atomic E-state index is 13.0. The molecule has 2 N–H and O–H groups in total. The van der Waals surface area contributed by atoms with Gasteiger partial charge in [-0.2, -0.15) is 5.26 Å².